The summed E-state index contributed by atoms with van der Waals surface area (Å²) in [6, 6.07) is 8.44. The number of furan rings is 1. The van der Waals surface area contributed by atoms with Crippen LogP contribution in [0.4, 0.5) is 0 Å². The summed E-state index contributed by atoms with van der Waals surface area (Å²) >= 11 is 5.32. The quantitative estimate of drug-likeness (QED) is 0.837. The molecule has 0 aliphatic carbocycles. The molecule has 4 heteroatoms. The second kappa shape index (κ2) is 5.94. The molecule has 0 aliphatic heterocycles. The van der Waals surface area contributed by atoms with Gasteiger partial charge < -0.3 is 9.73 Å². The first-order valence-electron chi connectivity index (χ1n) is 5.62. The maximum absolute atomic E-state index is 5.83. The highest BCUT2D eigenvalue weighted by atomic mass is 79.9. The molecule has 1 aromatic carbocycles. The minimum Gasteiger partial charge on any atom is -0.459 e. The zero-order valence-electron chi connectivity index (χ0n) is 10.00. The molecule has 1 unspecified atom stereocenters. The Morgan fingerprint density at radius 2 is 2.24 bits per heavy atom. The first kappa shape index (κ1) is 13.0. The second-order valence-corrected chi connectivity index (χ2v) is 5.90. The Morgan fingerprint density at radius 1 is 1.41 bits per heavy atom. The normalized spacial score (nSPS) is 13.1. The van der Waals surface area contributed by atoms with Crippen LogP contribution in [0, 0.1) is 0 Å². The molecule has 17 heavy (non-hydrogen) atoms. The van der Waals surface area contributed by atoms with Gasteiger partial charge in [-0.2, -0.15) is 11.8 Å². The summed E-state index contributed by atoms with van der Waals surface area (Å²) in [6.07, 6.45) is 2.12. The van der Waals surface area contributed by atoms with Crippen LogP contribution in [0.3, 0.4) is 0 Å². The summed E-state index contributed by atoms with van der Waals surface area (Å²) in [5.74, 6) is 2.12. The predicted molar refractivity (Wildman–Crippen MR) is 78.7 cm³/mol. The molecule has 0 saturated carbocycles. The van der Waals surface area contributed by atoms with E-state index in [9.17, 15) is 0 Å². The molecule has 1 atom stereocenters. The van der Waals surface area contributed by atoms with Gasteiger partial charge in [0.25, 0.3) is 0 Å². The van der Waals surface area contributed by atoms with Gasteiger partial charge in [0.2, 0.25) is 0 Å². The van der Waals surface area contributed by atoms with Crippen LogP contribution in [0.5, 0.6) is 0 Å². The smallest absolute Gasteiger partial charge is 0.134 e. The van der Waals surface area contributed by atoms with E-state index in [2.05, 4.69) is 46.6 Å². The van der Waals surface area contributed by atoms with Gasteiger partial charge in [0.15, 0.2) is 0 Å². The molecule has 0 fully saturated rings. The van der Waals surface area contributed by atoms with Gasteiger partial charge in [-0.15, -0.1) is 0 Å². The van der Waals surface area contributed by atoms with Gasteiger partial charge in [-0.1, -0.05) is 15.9 Å². The minimum atomic E-state index is 0.258. The van der Waals surface area contributed by atoms with E-state index in [1.54, 1.807) is 0 Å². The highest BCUT2D eigenvalue weighted by Gasteiger charge is 2.10. The van der Waals surface area contributed by atoms with Crippen molar-refractivity contribution < 1.29 is 4.42 Å². The van der Waals surface area contributed by atoms with E-state index in [-0.39, 0.29) is 6.04 Å². The topological polar surface area (TPSA) is 25.2 Å². The highest BCUT2D eigenvalue weighted by molar-refractivity contribution is 9.10. The summed E-state index contributed by atoms with van der Waals surface area (Å²) in [4.78, 5) is 0. The Morgan fingerprint density at radius 3 is 3.00 bits per heavy atom. The van der Waals surface area contributed by atoms with Gasteiger partial charge in [0.1, 0.15) is 11.3 Å². The predicted octanol–water partition coefficient (Wildman–Crippen LogP) is 4.21. The van der Waals surface area contributed by atoms with E-state index >= 15 is 0 Å². The molecular formula is C13H16BrNOS. The van der Waals surface area contributed by atoms with Crippen molar-refractivity contribution >= 4 is 38.7 Å². The van der Waals surface area contributed by atoms with E-state index in [0.717, 1.165) is 33.5 Å². The van der Waals surface area contributed by atoms with Crippen molar-refractivity contribution in [3.63, 3.8) is 0 Å². The maximum atomic E-state index is 5.83. The van der Waals surface area contributed by atoms with Crippen molar-refractivity contribution in [3.05, 3.63) is 34.5 Å². The second-order valence-electron chi connectivity index (χ2n) is 4.00. The van der Waals surface area contributed by atoms with E-state index in [1.165, 1.54) is 0 Å². The molecule has 0 aliphatic rings. The Labute approximate surface area is 114 Å². The fourth-order valence-corrected chi connectivity index (χ4v) is 2.43. The number of hydrogen-bond acceptors (Lipinski definition) is 3. The van der Waals surface area contributed by atoms with E-state index < -0.39 is 0 Å². The lowest BCUT2D eigenvalue weighted by molar-refractivity contribution is 0.460. The van der Waals surface area contributed by atoms with Crippen molar-refractivity contribution in [1.82, 2.24) is 5.32 Å². The van der Waals surface area contributed by atoms with Crippen LogP contribution in [-0.2, 0) is 0 Å². The zero-order chi connectivity index (χ0) is 12.3. The molecule has 1 N–H and O–H groups in total. The highest BCUT2D eigenvalue weighted by Crippen LogP contribution is 2.26. The van der Waals surface area contributed by atoms with Crippen molar-refractivity contribution in [2.45, 2.75) is 13.0 Å². The molecule has 1 aromatic heterocycles. The largest absolute Gasteiger partial charge is 0.459 e. The number of benzene rings is 1. The van der Waals surface area contributed by atoms with Gasteiger partial charge in [-0.3, -0.25) is 0 Å². The molecule has 0 saturated heterocycles. The summed E-state index contributed by atoms with van der Waals surface area (Å²) in [5.41, 5.74) is 0.946. The molecule has 2 rings (SSSR count). The SMILES string of the molecule is CSCCNC(C)c1cc2cc(Br)ccc2o1. The van der Waals surface area contributed by atoms with Crippen molar-refractivity contribution in [3.8, 4) is 0 Å². The Bertz CT molecular complexity index is 497. The van der Waals surface area contributed by atoms with Gasteiger partial charge in [-0.25, -0.2) is 0 Å². The van der Waals surface area contributed by atoms with Crippen LogP contribution in [0.2, 0.25) is 0 Å². The standard InChI is InChI=1S/C13H16BrNOS/c1-9(15-5-6-17-2)13-8-10-7-11(14)3-4-12(10)16-13/h3-4,7-9,15H,5-6H2,1-2H3. The molecule has 0 spiro atoms. The van der Waals surface area contributed by atoms with Crippen LogP contribution < -0.4 is 5.32 Å². The third-order valence-electron chi connectivity index (χ3n) is 2.68. The summed E-state index contributed by atoms with van der Waals surface area (Å²) in [6.45, 7) is 3.14. The van der Waals surface area contributed by atoms with Crippen LogP contribution in [0.15, 0.2) is 33.2 Å². The summed E-state index contributed by atoms with van der Waals surface area (Å²) in [5, 5.41) is 4.60. The number of thioether (sulfide) groups is 1. The number of nitrogens with one attached hydrogen (secondary N) is 1. The van der Waals surface area contributed by atoms with Crippen LogP contribution in [0.25, 0.3) is 11.0 Å². The molecular weight excluding hydrogens is 298 g/mol. The molecule has 92 valence electrons. The lowest BCUT2D eigenvalue weighted by Crippen LogP contribution is -2.20. The molecule has 2 aromatic rings. The fraction of sp³-hybridized carbons (Fsp3) is 0.385. The lowest BCUT2D eigenvalue weighted by Gasteiger charge is -2.09. The first-order chi connectivity index (χ1) is 8.20. The van der Waals surface area contributed by atoms with Crippen LogP contribution in [-0.4, -0.2) is 18.6 Å². The Hall–Kier alpha value is -0.450. The van der Waals surface area contributed by atoms with Gasteiger partial charge in [0, 0.05) is 22.2 Å². The van der Waals surface area contributed by atoms with Gasteiger partial charge in [-0.05, 0) is 37.4 Å². The monoisotopic (exact) mass is 313 g/mol. The third kappa shape index (κ3) is 3.27. The van der Waals surface area contributed by atoms with Crippen molar-refractivity contribution in [1.29, 1.82) is 0 Å². The molecule has 1 heterocycles. The van der Waals surface area contributed by atoms with E-state index in [1.807, 2.05) is 23.9 Å². The summed E-state index contributed by atoms with van der Waals surface area (Å²) in [7, 11) is 0. The minimum absolute atomic E-state index is 0.258. The molecule has 0 amide bonds. The van der Waals surface area contributed by atoms with Crippen LogP contribution in [0.1, 0.15) is 18.7 Å². The molecule has 0 radical (unpaired) electrons. The average Bonchev–Trinajstić information content (AvgIpc) is 2.72. The van der Waals surface area contributed by atoms with E-state index in [4.69, 9.17) is 4.42 Å². The fourth-order valence-electron chi connectivity index (χ4n) is 1.73. The van der Waals surface area contributed by atoms with Gasteiger partial charge >= 0.3 is 0 Å². The molecule has 0 bridgehead atoms. The lowest BCUT2D eigenvalue weighted by atomic mass is 10.2. The third-order valence-corrected chi connectivity index (χ3v) is 3.79. The number of fused-ring (bicyclic) bond motifs is 1. The number of halogens is 1. The Balaban J connectivity index is 2.12. The maximum Gasteiger partial charge on any atom is 0.134 e. The summed E-state index contributed by atoms with van der Waals surface area (Å²) < 4.78 is 6.91. The number of rotatable bonds is 5. The van der Waals surface area contributed by atoms with Crippen molar-refractivity contribution in [2.24, 2.45) is 0 Å². The number of hydrogen-bond donors (Lipinski definition) is 1. The van der Waals surface area contributed by atoms with E-state index in [0.29, 0.717) is 0 Å². The first-order valence-corrected chi connectivity index (χ1v) is 7.80. The Kier molecular flexibility index (Phi) is 4.54. The zero-order valence-corrected chi connectivity index (χ0v) is 12.4. The van der Waals surface area contributed by atoms with Gasteiger partial charge in [0.05, 0.1) is 6.04 Å². The van der Waals surface area contributed by atoms with Crippen molar-refractivity contribution in [2.75, 3.05) is 18.6 Å². The molecule has 2 nitrogen and oxygen atoms in total. The average molecular weight is 314 g/mol. The van der Waals surface area contributed by atoms with Crippen LogP contribution >= 0.6 is 27.7 Å².